The number of carbonyl (C=O) groups is 2. The summed E-state index contributed by atoms with van der Waals surface area (Å²) < 4.78 is 10.1. The van der Waals surface area contributed by atoms with Gasteiger partial charge >= 0.3 is 12.0 Å². The highest BCUT2D eigenvalue weighted by Gasteiger charge is 2.12. The molecule has 114 valence electrons. The van der Waals surface area contributed by atoms with Crippen molar-refractivity contribution in [2.75, 3.05) is 7.11 Å². The fourth-order valence-corrected chi connectivity index (χ4v) is 1.94. The van der Waals surface area contributed by atoms with Crippen molar-refractivity contribution in [3.05, 3.63) is 46.7 Å². The minimum absolute atomic E-state index is 0.256. The van der Waals surface area contributed by atoms with Crippen LogP contribution in [0.1, 0.15) is 16.1 Å². The standard InChI is InChI=1S/C14H12ClN3O4/c1-21-13(19)10-4-2-8(6-11(10)15)12-5-3-9(22-12)7-17-18-14(16)20/h2-7H,1H3,(H3,16,18,20). The molecule has 1 aromatic heterocycles. The lowest BCUT2D eigenvalue weighted by atomic mass is 10.1. The Morgan fingerprint density at radius 3 is 2.77 bits per heavy atom. The van der Waals surface area contributed by atoms with E-state index in [9.17, 15) is 9.59 Å². The van der Waals surface area contributed by atoms with Crippen LogP contribution in [-0.4, -0.2) is 25.3 Å². The number of primary amides is 1. The molecule has 0 radical (unpaired) electrons. The Hall–Kier alpha value is -2.80. The number of esters is 1. The molecule has 2 aromatic rings. The van der Waals surface area contributed by atoms with Gasteiger partial charge in [0, 0.05) is 5.56 Å². The quantitative estimate of drug-likeness (QED) is 0.512. The second kappa shape index (κ2) is 6.77. The van der Waals surface area contributed by atoms with Gasteiger partial charge in [0.25, 0.3) is 0 Å². The Morgan fingerprint density at radius 1 is 1.36 bits per heavy atom. The van der Waals surface area contributed by atoms with E-state index in [1.807, 2.05) is 0 Å². The second-order valence-electron chi connectivity index (χ2n) is 4.12. The van der Waals surface area contributed by atoms with Gasteiger partial charge in [-0.3, -0.25) is 0 Å². The molecule has 1 aromatic carbocycles. The molecule has 2 amide bonds. The van der Waals surface area contributed by atoms with Crippen LogP contribution in [0.5, 0.6) is 0 Å². The number of hydrogen-bond donors (Lipinski definition) is 2. The van der Waals surface area contributed by atoms with Gasteiger partial charge in [-0.05, 0) is 24.3 Å². The summed E-state index contributed by atoms with van der Waals surface area (Å²) in [7, 11) is 1.28. The number of carbonyl (C=O) groups excluding carboxylic acids is 2. The van der Waals surface area contributed by atoms with Gasteiger partial charge < -0.3 is 14.9 Å². The molecule has 0 spiro atoms. The number of benzene rings is 1. The molecule has 0 aliphatic heterocycles. The molecule has 0 fully saturated rings. The Kier molecular flexibility index (Phi) is 4.80. The van der Waals surface area contributed by atoms with Crippen LogP contribution in [0.25, 0.3) is 11.3 Å². The van der Waals surface area contributed by atoms with Crippen molar-refractivity contribution in [1.82, 2.24) is 5.43 Å². The van der Waals surface area contributed by atoms with Crippen molar-refractivity contribution in [2.24, 2.45) is 10.8 Å². The summed E-state index contributed by atoms with van der Waals surface area (Å²) in [5.41, 5.74) is 7.88. The molecule has 0 unspecified atom stereocenters. The molecular weight excluding hydrogens is 310 g/mol. The molecule has 0 saturated heterocycles. The summed E-state index contributed by atoms with van der Waals surface area (Å²) in [5, 5.41) is 3.84. The van der Waals surface area contributed by atoms with E-state index in [1.54, 1.807) is 30.3 Å². The van der Waals surface area contributed by atoms with Crippen molar-refractivity contribution in [3.8, 4) is 11.3 Å². The molecule has 1 heterocycles. The van der Waals surface area contributed by atoms with Gasteiger partial charge in [0.1, 0.15) is 11.5 Å². The Labute approximate surface area is 130 Å². The number of halogens is 1. The van der Waals surface area contributed by atoms with Gasteiger partial charge in [-0.1, -0.05) is 17.7 Å². The maximum Gasteiger partial charge on any atom is 0.339 e. The molecule has 7 nitrogen and oxygen atoms in total. The lowest BCUT2D eigenvalue weighted by Gasteiger charge is -2.04. The molecule has 0 saturated carbocycles. The first-order valence-electron chi connectivity index (χ1n) is 6.08. The zero-order valence-electron chi connectivity index (χ0n) is 11.5. The average Bonchev–Trinajstić information content (AvgIpc) is 2.95. The minimum atomic E-state index is -0.770. The SMILES string of the molecule is COC(=O)c1ccc(-c2ccc(C=NNC(N)=O)o2)cc1Cl. The van der Waals surface area contributed by atoms with Crippen LogP contribution < -0.4 is 11.2 Å². The Bertz CT molecular complexity index is 739. The maximum atomic E-state index is 11.5. The number of nitrogens with zero attached hydrogens (tertiary/aromatic N) is 1. The fourth-order valence-electron chi connectivity index (χ4n) is 1.68. The third-order valence-electron chi connectivity index (χ3n) is 2.65. The summed E-state index contributed by atoms with van der Waals surface area (Å²) in [6.45, 7) is 0. The van der Waals surface area contributed by atoms with Crippen LogP contribution in [-0.2, 0) is 4.74 Å². The summed E-state index contributed by atoms with van der Waals surface area (Å²) in [5.74, 6) is 0.428. The minimum Gasteiger partial charge on any atom is -0.465 e. The maximum absolute atomic E-state index is 11.5. The predicted molar refractivity (Wildman–Crippen MR) is 80.8 cm³/mol. The Balaban J connectivity index is 2.21. The van der Waals surface area contributed by atoms with Gasteiger partial charge in [-0.15, -0.1) is 0 Å². The number of amides is 2. The number of urea groups is 1. The summed E-state index contributed by atoms with van der Waals surface area (Å²) >= 11 is 6.05. The van der Waals surface area contributed by atoms with Crippen molar-refractivity contribution >= 4 is 29.8 Å². The van der Waals surface area contributed by atoms with E-state index in [2.05, 4.69) is 15.3 Å². The lowest BCUT2D eigenvalue weighted by Crippen LogP contribution is -2.24. The van der Waals surface area contributed by atoms with Crippen LogP contribution in [0.4, 0.5) is 4.79 Å². The highest BCUT2D eigenvalue weighted by molar-refractivity contribution is 6.33. The highest BCUT2D eigenvalue weighted by atomic mass is 35.5. The van der Waals surface area contributed by atoms with Crippen molar-refractivity contribution < 1.29 is 18.7 Å². The van der Waals surface area contributed by atoms with Gasteiger partial charge in [0.05, 0.1) is 23.9 Å². The lowest BCUT2D eigenvalue weighted by molar-refractivity contribution is 0.0601. The van der Waals surface area contributed by atoms with Crippen LogP contribution in [0.15, 0.2) is 39.9 Å². The molecule has 3 N–H and O–H groups in total. The number of nitrogens with one attached hydrogen (secondary N) is 1. The van der Waals surface area contributed by atoms with Crippen LogP contribution >= 0.6 is 11.6 Å². The topological polar surface area (TPSA) is 107 Å². The molecule has 2 rings (SSSR count). The third kappa shape index (κ3) is 3.64. The van der Waals surface area contributed by atoms with E-state index in [4.69, 9.17) is 21.8 Å². The molecule has 8 heteroatoms. The van der Waals surface area contributed by atoms with Crippen molar-refractivity contribution in [2.45, 2.75) is 0 Å². The number of rotatable bonds is 4. The number of hydrazone groups is 1. The predicted octanol–water partition coefficient (Wildman–Crippen LogP) is 2.39. The summed E-state index contributed by atoms with van der Waals surface area (Å²) in [6.07, 6.45) is 1.30. The van der Waals surface area contributed by atoms with E-state index in [0.29, 0.717) is 17.1 Å². The molecule has 0 aliphatic rings. The van der Waals surface area contributed by atoms with E-state index < -0.39 is 12.0 Å². The monoisotopic (exact) mass is 321 g/mol. The second-order valence-corrected chi connectivity index (χ2v) is 4.53. The number of methoxy groups -OCH3 is 1. The number of hydrogen-bond acceptors (Lipinski definition) is 5. The molecule has 22 heavy (non-hydrogen) atoms. The molecule has 0 atom stereocenters. The first-order chi connectivity index (χ1) is 10.5. The van der Waals surface area contributed by atoms with Gasteiger partial charge in [0.2, 0.25) is 0 Å². The number of nitrogens with two attached hydrogens (primary N) is 1. The summed E-state index contributed by atoms with van der Waals surface area (Å²) in [6, 6.07) is 7.41. The number of ether oxygens (including phenoxy) is 1. The summed E-state index contributed by atoms with van der Waals surface area (Å²) in [4.78, 5) is 21.9. The third-order valence-corrected chi connectivity index (χ3v) is 2.96. The molecule has 0 bridgehead atoms. The van der Waals surface area contributed by atoms with Gasteiger partial charge in [-0.2, -0.15) is 5.10 Å². The van der Waals surface area contributed by atoms with Gasteiger partial charge in [0.15, 0.2) is 0 Å². The van der Waals surface area contributed by atoms with Crippen LogP contribution in [0.2, 0.25) is 5.02 Å². The largest absolute Gasteiger partial charge is 0.465 e. The van der Waals surface area contributed by atoms with Crippen molar-refractivity contribution in [3.63, 3.8) is 0 Å². The van der Waals surface area contributed by atoms with Gasteiger partial charge in [-0.25, -0.2) is 15.0 Å². The van der Waals surface area contributed by atoms with E-state index >= 15 is 0 Å². The molecule has 0 aliphatic carbocycles. The smallest absolute Gasteiger partial charge is 0.339 e. The number of furan rings is 1. The van der Waals surface area contributed by atoms with Crippen LogP contribution in [0, 0.1) is 0 Å². The average molecular weight is 322 g/mol. The van der Waals surface area contributed by atoms with E-state index in [1.165, 1.54) is 13.3 Å². The highest BCUT2D eigenvalue weighted by Crippen LogP contribution is 2.27. The molecular formula is C14H12ClN3O4. The zero-order valence-corrected chi connectivity index (χ0v) is 12.3. The van der Waals surface area contributed by atoms with E-state index in [0.717, 1.165) is 0 Å². The van der Waals surface area contributed by atoms with Crippen molar-refractivity contribution in [1.29, 1.82) is 0 Å². The Morgan fingerprint density at radius 2 is 2.14 bits per heavy atom. The first kappa shape index (κ1) is 15.6. The zero-order chi connectivity index (χ0) is 16.1. The fraction of sp³-hybridized carbons (Fsp3) is 0.0714. The normalized spacial score (nSPS) is 10.6. The van der Waals surface area contributed by atoms with Crippen LogP contribution in [0.3, 0.4) is 0 Å². The first-order valence-corrected chi connectivity index (χ1v) is 6.45. The van der Waals surface area contributed by atoms with E-state index in [-0.39, 0.29) is 10.6 Å².